The molecule has 2 aromatic carbocycles. The Kier molecular flexibility index (Phi) is 3.65. The van der Waals surface area contributed by atoms with Crippen LogP contribution in [0.15, 0.2) is 47.5 Å². The molecule has 0 amide bonds. The number of aliphatic imine (C=N–C) groups is 1. The Bertz CT molecular complexity index is 786. The Labute approximate surface area is 141 Å². The quantitative estimate of drug-likeness (QED) is 0.809. The van der Waals surface area contributed by atoms with E-state index in [1.54, 1.807) is 7.11 Å². The van der Waals surface area contributed by atoms with E-state index in [-0.39, 0.29) is 12.4 Å². The molecule has 0 radical (unpaired) electrons. The first-order valence-corrected chi connectivity index (χ1v) is 8.03. The number of ether oxygens (including phenoxy) is 3. The number of benzene rings is 2. The lowest BCUT2D eigenvalue weighted by molar-refractivity contribution is 0.178. The molecule has 24 heavy (non-hydrogen) atoms. The van der Waals surface area contributed by atoms with Crippen molar-refractivity contribution in [3.8, 4) is 11.5 Å². The van der Waals surface area contributed by atoms with E-state index in [2.05, 4.69) is 4.90 Å². The number of methoxy groups -OCH3 is 1. The zero-order chi connectivity index (χ0) is 16.7. The van der Waals surface area contributed by atoms with Crippen molar-refractivity contribution < 1.29 is 14.2 Å². The zero-order valence-electron chi connectivity index (χ0n) is 14.0. The molecule has 2 aliphatic heterocycles. The van der Waals surface area contributed by atoms with Gasteiger partial charge in [-0.3, -0.25) is 0 Å². The van der Waals surface area contributed by atoms with Gasteiger partial charge in [-0.15, -0.1) is 0 Å². The Hall–Kier alpha value is -2.53. The van der Waals surface area contributed by atoms with Crippen molar-refractivity contribution in [3.05, 3.63) is 53.6 Å². The first-order chi connectivity index (χ1) is 11.6. The lowest BCUT2D eigenvalue weighted by atomic mass is 10.1. The molecule has 0 saturated carbocycles. The molecule has 0 spiro atoms. The zero-order valence-corrected chi connectivity index (χ0v) is 14.0. The minimum atomic E-state index is -0.104. The van der Waals surface area contributed by atoms with Gasteiger partial charge >= 0.3 is 0 Å². The van der Waals surface area contributed by atoms with Crippen LogP contribution in [0, 0.1) is 0 Å². The summed E-state index contributed by atoms with van der Waals surface area (Å²) in [6.07, 6.45) is 0.0828. The van der Waals surface area contributed by atoms with Crippen LogP contribution in [0.1, 0.15) is 18.1 Å². The maximum absolute atomic E-state index is 5.70. The first-order valence-electron chi connectivity index (χ1n) is 8.03. The van der Waals surface area contributed by atoms with Crippen LogP contribution in [0.4, 0.5) is 5.69 Å². The number of epoxide rings is 1. The average Bonchev–Trinajstić information content (AvgIpc) is 3.29. The third kappa shape index (κ3) is 2.83. The summed E-state index contributed by atoms with van der Waals surface area (Å²) in [4.78, 5) is 6.95. The second kappa shape index (κ2) is 5.83. The summed E-state index contributed by atoms with van der Waals surface area (Å²) in [6.45, 7) is 2.80. The molecule has 124 valence electrons. The van der Waals surface area contributed by atoms with Crippen LogP contribution in [0.3, 0.4) is 0 Å². The van der Waals surface area contributed by atoms with Gasteiger partial charge in [0.2, 0.25) is 6.29 Å². The van der Waals surface area contributed by atoms with Crippen LogP contribution in [-0.4, -0.2) is 37.3 Å². The van der Waals surface area contributed by atoms with Crippen LogP contribution in [0.2, 0.25) is 0 Å². The molecule has 2 heterocycles. The fourth-order valence-corrected chi connectivity index (χ4v) is 2.85. The summed E-state index contributed by atoms with van der Waals surface area (Å²) in [5.41, 5.74) is 3.22. The second-order valence-electron chi connectivity index (χ2n) is 6.14. The van der Waals surface area contributed by atoms with E-state index in [4.69, 9.17) is 19.2 Å². The topological polar surface area (TPSA) is 46.6 Å². The van der Waals surface area contributed by atoms with Crippen molar-refractivity contribution in [2.24, 2.45) is 4.99 Å². The van der Waals surface area contributed by atoms with Crippen molar-refractivity contribution in [2.75, 3.05) is 14.2 Å². The molecular formula is C19H20N2O3. The molecule has 0 aliphatic carbocycles. The van der Waals surface area contributed by atoms with Crippen LogP contribution in [0.25, 0.3) is 0 Å². The number of rotatable bonds is 4. The van der Waals surface area contributed by atoms with Crippen LogP contribution < -0.4 is 9.47 Å². The Morgan fingerprint density at radius 3 is 2.50 bits per heavy atom. The summed E-state index contributed by atoms with van der Waals surface area (Å²) < 4.78 is 16.3. The summed E-state index contributed by atoms with van der Waals surface area (Å²) in [5.74, 6) is 2.63. The van der Waals surface area contributed by atoms with Gasteiger partial charge in [-0.25, -0.2) is 4.99 Å². The lowest BCUT2D eigenvalue weighted by Gasteiger charge is -2.27. The molecule has 2 aromatic rings. The second-order valence-corrected chi connectivity index (χ2v) is 6.14. The van der Waals surface area contributed by atoms with E-state index in [1.807, 2.05) is 56.4 Å². The molecule has 2 atom stereocenters. The van der Waals surface area contributed by atoms with E-state index in [0.29, 0.717) is 0 Å². The van der Waals surface area contributed by atoms with Gasteiger partial charge in [-0.2, -0.15) is 0 Å². The summed E-state index contributed by atoms with van der Waals surface area (Å²) in [5, 5.41) is 0. The Morgan fingerprint density at radius 1 is 1.12 bits per heavy atom. The third-order valence-electron chi connectivity index (χ3n) is 4.30. The fraction of sp³-hybridized carbons (Fsp3) is 0.316. The van der Waals surface area contributed by atoms with Crippen molar-refractivity contribution in [2.45, 2.75) is 25.9 Å². The molecule has 0 aromatic heterocycles. The van der Waals surface area contributed by atoms with Gasteiger partial charge < -0.3 is 19.1 Å². The van der Waals surface area contributed by atoms with Crippen molar-refractivity contribution in [3.63, 3.8) is 0 Å². The average molecular weight is 324 g/mol. The minimum Gasteiger partial charge on any atom is -0.497 e. The third-order valence-corrected chi connectivity index (χ3v) is 4.30. The highest BCUT2D eigenvalue weighted by Crippen LogP contribution is 2.31. The highest BCUT2D eigenvalue weighted by molar-refractivity contribution is 6.01. The van der Waals surface area contributed by atoms with Crippen LogP contribution in [-0.2, 0) is 11.3 Å². The molecule has 2 aliphatic rings. The maximum Gasteiger partial charge on any atom is 0.226 e. The van der Waals surface area contributed by atoms with Gasteiger partial charge in [0.1, 0.15) is 23.4 Å². The van der Waals surface area contributed by atoms with Crippen molar-refractivity contribution >= 4 is 11.5 Å². The van der Waals surface area contributed by atoms with Crippen molar-refractivity contribution in [1.82, 2.24) is 4.90 Å². The van der Waals surface area contributed by atoms with E-state index >= 15 is 0 Å². The number of amidine groups is 1. The Morgan fingerprint density at radius 2 is 1.83 bits per heavy atom. The molecule has 4 rings (SSSR count). The van der Waals surface area contributed by atoms with Crippen LogP contribution in [0.5, 0.6) is 11.5 Å². The van der Waals surface area contributed by atoms with Gasteiger partial charge in [0.25, 0.3) is 0 Å². The number of nitrogens with zero attached hydrogens (tertiary/aromatic N) is 2. The minimum absolute atomic E-state index is 0.104. The van der Waals surface area contributed by atoms with E-state index < -0.39 is 0 Å². The monoisotopic (exact) mass is 324 g/mol. The van der Waals surface area contributed by atoms with Crippen LogP contribution >= 0.6 is 0 Å². The molecule has 0 bridgehead atoms. The standard InChI is InChI=1S/C19H20N2O3/c1-12-19(23-12)24-15-6-4-13(5-7-15)18-20-17-9-8-16(22-3)10-14(17)11-21(18)2/h4-10,12,19H,11H2,1-3H3. The smallest absolute Gasteiger partial charge is 0.226 e. The van der Waals surface area contributed by atoms with Gasteiger partial charge in [-0.05, 0) is 49.4 Å². The van der Waals surface area contributed by atoms with Gasteiger partial charge in [-0.1, -0.05) is 0 Å². The largest absolute Gasteiger partial charge is 0.497 e. The molecular weight excluding hydrogens is 304 g/mol. The lowest BCUT2D eigenvalue weighted by Crippen LogP contribution is -2.29. The summed E-state index contributed by atoms with van der Waals surface area (Å²) in [6, 6.07) is 14.0. The van der Waals surface area contributed by atoms with Gasteiger partial charge in [0.05, 0.1) is 12.8 Å². The van der Waals surface area contributed by atoms with Crippen molar-refractivity contribution in [1.29, 1.82) is 0 Å². The molecule has 5 heteroatoms. The molecule has 0 N–H and O–H groups in total. The highest BCUT2D eigenvalue weighted by Gasteiger charge is 2.36. The summed E-state index contributed by atoms with van der Waals surface area (Å²) in [7, 11) is 3.73. The van der Waals surface area contributed by atoms with E-state index in [0.717, 1.165) is 35.1 Å². The normalized spacial score (nSPS) is 21.8. The molecule has 5 nitrogen and oxygen atoms in total. The Balaban J connectivity index is 1.59. The summed E-state index contributed by atoms with van der Waals surface area (Å²) >= 11 is 0. The highest BCUT2D eigenvalue weighted by atomic mass is 16.8. The number of fused-ring (bicyclic) bond motifs is 1. The molecule has 1 saturated heterocycles. The molecule has 1 fully saturated rings. The predicted octanol–water partition coefficient (Wildman–Crippen LogP) is 3.34. The van der Waals surface area contributed by atoms with Gasteiger partial charge in [0.15, 0.2) is 0 Å². The predicted molar refractivity (Wildman–Crippen MR) is 92.1 cm³/mol. The first kappa shape index (κ1) is 15.0. The van der Waals surface area contributed by atoms with Gasteiger partial charge in [0, 0.05) is 24.7 Å². The van der Waals surface area contributed by atoms with E-state index in [9.17, 15) is 0 Å². The number of hydrogen-bond donors (Lipinski definition) is 0. The maximum atomic E-state index is 5.70. The van der Waals surface area contributed by atoms with E-state index in [1.165, 1.54) is 5.56 Å². The number of hydrogen-bond acceptors (Lipinski definition) is 5. The fourth-order valence-electron chi connectivity index (χ4n) is 2.85. The SMILES string of the molecule is COc1ccc2c(c1)CN(C)C(c1ccc(OC3OC3C)cc1)=N2. The molecule has 2 unspecified atom stereocenters.